The van der Waals surface area contributed by atoms with Crippen LogP contribution in [0.15, 0.2) is 40.8 Å². The van der Waals surface area contributed by atoms with Crippen molar-refractivity contribution in [3.05, 3.63) is 59.1 Å². The van der Waals surface area contributed by atoms with Gasteiger partial charge in [-0.05, 0) is 68.6 Å². The maximum atomic E-state index is 9.46. The van der Waals surface area contributed by atoms with Crippen LogP contribution in [0.4, 0.5) is 0 Å². The molecule has 0 atom stereocenters. The van der Waals surface area contributed by atoms with Crippen molar-refractivity contribution >= 4 is 5.57 Å². The van der Waals surface area contributed by atoms with Gasteiger partial charge in [-0.2, -0.15) is 4.98 Å². The normalized spacial score (nSPS) is 15.6. The number of nitrogens with two attached hydrogens (primary N) is 1. The summed E-state index contributed by atoms with van der Waals surface area (Å²) in [6.07, 6.45) is 4.77. The molecule has 178 valence electrons. The van der Waals surface area contributed by atoms with Crippen molar-refractivity contribution in [1.29, 1.82) is 0 Å². The molecule has 0 aromatic carbocycles. The summed E-state index contributed by atoms with van der Waals surface area (Å²) < 4.78 is 5.66. The number of rotatable bonds is 9. The minimum Gasteiger partial charge on any atom is -0.513 e. The molecule has 33 heavy (non-hydrogen) atoms. The summed E-state index contributed by atoms with van der Waals surface area (Å²) in [6, 6.07) is 2.07. The van der Waals surface area contributed by atoms with Crippen molar-refractivity contribution in [2.45, 2.75) is 73.1 Å². The summed E-state index contributed by atoms with van der Waals surface area (Å²) in [7, 11) is 0. The number of nitrogens with zero attached hydrogens (tertiary/aromatic N) is 4. The maximum Gasteiger partial charge on any atom is 0.257 e. The average Bonchev–Trinajstić information content (AvgIpc) is 3.26. The second-order valence-electron chi connectivity index (χ2n) is 9.60. The van der Waals surface area contributed by atoms with E-state index in [2.05, 4.69) is 50.1 Å². The fourth-order valence-corrected chi connectivity index (χ4v) is 4.34. The van der Waals surface area contributed by atoms with Gasteiger partial charge in [0.1, 0.15) is 0 Å². The van der Waals surface area contributed by atoms with Crippen LogP contribution in [0.3, 0.4) is 0 Å². The topological polar surface area (TPSA) is 101 Å². The molecule has 0 saturated heterocycles. The van der Waals surface area contributed by atoms with Crippen molar-refractivity contribution < 1.29 is 9.63 Å². The summed E-state index contributed by atoms with van der Waals surface area (Å²) in [5, 5.41) is 15.5. The number of allylic oxidation sites excluding steroid dienone is 4. The molecule has 0 unspecified atom stereocenters. The van der Waals surface area contributed by atoms with Crippen LogP contribution in [0.5, 0.6) is 0 Å². The lowest BCUT2D eigenvalue weighted by Gasteiger charge is -2.37. The lowest BCUT2D eigenvalue weighted by molar-refractivity contribution is 0.250. The molecule has 0 fully saturated rings. The van der Waals surface area contributed by atoms with Gasteiger partial charge in [0, 0.05) is 41.2 Å². The zero-order valence-corrected chi connectivity index (χ0v) is 20.7. The Morgan fingerprint density at radius 3 is 2.64 bits per heavy atom. The number of pyridine rings is 1. The van der Waals surface area contributed by atoms with Crippen molar-refractivity contribution in [2.24, 2.45) is 11.3 Å². The molecule has 0 saturated carbocycles. The lowest BCUT2D eigenvalue weighted by atomic mass is 9.75. The van der Waals surface area contributed by atoms with E-state index < -0.39 is 0 Å². The van der Waals surface area contributed by atoms with Crippen LogP contribution in [-0.2, 0) is 12.8 Å². The summed E-state index contributed by atoms with van der Waals surface area (Å²) in [5.41, 5.74) is 6.85. The van der Waals surface area contributed by atoms with Crippen LogP contribution >= 0.6 is 0 Å². The number of aliphatic hydroxyl groups is 1. The SMILES string of the molecule is C=C(O)CCc1nc(C)c(-c2noc(C(=C)C3=C(N(N)CC)CC(C)(C)CC3)n2)cc1CC. The smallest absolute Gasteiger partial charge is 0.257 e. The van der Waals surface area contributed by atoms with Gasteiger partial charge in [0.05, 0.1) is 5.76 Å². The summed E-state index contributed by atoms with van der Waals surface area (Å²) >= 11 is 0. The Morgan fingerprint density at radius 1 is 1.27 bits per heavy atom. The second kappa shape index (κ2) is 9.91. The Morgan fingerprint density at radius 2 is 2.00 bits per heavy atom. The van der Waals surface area contributed by atoms with Crippen molar-refractivity contribution in [3.8, 4) is 11.4 Å². The largest absolute Gasteiger partial charge is 0.513 e. The summed E-state index contributed by atoms with van der Waals surface area (Å²) in [5.74, 6) is 7.41. The van der Waals surface area contributed by atoms with Crippen LogP contribution in [0.25, 0.3) is 17.0 Å². The molecule has 0 radical (unpaired) electrons. The van der Waals surface area contributed by atoms with E-state index >= 15 is 0 Å². The highest BCUT2D eigenvalue weighted by molar-refractivity contribution is 5.74. The highest BCUT2D eigenvalue weighted by Crippen LogP contribution is 2.43. The Kier molecular flexibility index (Phi) is 7.42. The van der Waals surface area contributed by atoms with E-state index in [1.54, 1.807) is 5.01 Å². The van der Waals surface area contributed by atoms with Crippen LogP contribution < -0.4 is 5.84 Å². The number of aryl methyl sites for hydroxylation is 3. The Labute approximate surface area is 197 Å². The van der Waals surface area contributed by atoms with Crippen molar-refractivity contribution in [1.82, 2.24) is 20.1 Å². The molecule has 7 nitrogen and oxygen atoms in total. The van der Waals surface area contributed by atoms with Gasteiger partial charge in [-0.1, -0.05) is 39.1 Å². The predicted octanol–water partition coefficient (Wildman–Crippen LogP) is 5.68. The van der Waals surface area contributed by atoms with E-state index in [0.717, 1.165) is 71.6 Å². The molecule has 0 bridgehead atoms. The third kappa shape index (κ3) is 5.53. The lowest BCUT2D eigenvalue weighted by Crippen LogP contribution is -2.35. The first-order valence-corrected chi connectivity index (χ1v) is 11.7. The zero-order valence-electron chi connectivity index (χ0n) is 20.7. The van der Waals surface area contributed by atoms with Crippen molar-refractivity contribution in [3.63, 3.8) is 0 Å². The van der Waals surface area contributed by atoms with Gasteiger partial charge in [0.2, 0.25) is 5.82 Å². The molecule has 1 aliphatic carbocycles. The third-order valence-corrected chi connectivity index (χ3v) is 6.44. The van der Waals surface area contributed by atoms with Gasteiger partial charge in [-0.15, -0.1) is 0 Å². The molecule has 1 aliphatic rings. The van der Waals surface area contributed by atoms with Gasteiger partial charge in [0.25, 0.3) is 5.89 Å². The van der Waals surface area contributed by atoms with Gasteiger partial charge < -0.3 is 14.6 Å². The van der Waals surface area contributed by atoms with Crippen LogP contribution in [0.2, 0.25) is 0 Å². The van der Waals surface area contributed by atoms with Gasteiger partial charge >= 0.3 is 0 Å². The maximum absolute atomic E-state index is 9.46. The zero-order chi connectivity index (χ0) is 24.3. The first kappa shape index (κ1) is 24.7. The Hall–Kier alpha value is -2.93. The predicted molar refractivity (Wildman–Crippen MR) is 132 cm³/mol. The van der Waals surface area contributed by atoms with E-state index in [0.29, 0.717) is 24.6 Å². The quantitative estimate of drug-likeness (QED) is 0.287. The first-order valence-electron chi connectivity index (χ1n) is 11.7. The van der Waals surface area contributed by atoms with Crippen LogP contribution in [-0.4, -0.2) is 31.8 Å². The van der Waals surface area contributed by atoms with E-state index in [-0.39, 0.29) is 11.2 Å². The molecular weight excluding hydrogens is 414 g/mol. The minimum atomic E-state index is 0.167. The minimum absolute atomic E-state index is 0.167. The second-order valence-corrected chi connectivity index (χ2v) is 9.60. The molecule has 2 heterocycles. The number of hydrazine groups is 1. The number of aliphatic hydroxyl groups excluding tert-OH is 1. The van der Waals surface area contributed by atoms with Gasteiger partial charge in [0.15, 0.2) is 0 Å². The Bertz CT molecular complexity index is 1080. The molecule has 0 spiro atoms. The van der Waals surface area contributed by atoms with Crippen LogP contribution in [0.1, 0.15) is 76.2 Å². The molecular formula is C26H37N5O2. The molecule has 3 rings (SSSR count). The van der Waals surface area contributed by atoms with Crippen molar-refractivity contribution in [2.75, 3.05) is 6.54 Å². The fraction of sp³-hybridized carbons (Fsp3) is 0.500. The highest BCUT2D eigenvalue weighted by Gasteiger charge is 2.31. The number of hydrogen-bond donors (Lipinski definition) is 2. The summed E-state index contributed by atoms with van der Waals surface area (Å²) in [4.78, 5) is 9.46. The van der Waals surface area contributed by atoms with Gasteiger partial charge in [-0.3, -0.25) is 4.98 Å². The fourth-order valence-electron chi connectivity index (χ4n) is 4.34. The highest BCUT2D eigenvalue weighted by atomic mass is 16.5. The third-order valence-electron chi connectivity index (χ3n) is 6.44. The van der Waals surface area contributed by atoms with Crippen LogP contribution in [0, 0.1) is 12.3 Å². The number of hydrogen-bond acceptors (Lipinski definition) is 7. The van der Waals surface area contributed by atoms with E-state index in [4.69, 9.17) is 15.3 Å². The molecule has 2 aromatic rings. The first-order chi connectivity index (χ1) is 15.6. The van der Waals surface area contributed by atoms with E-state index in [1.807, 2.05) is 13.8 Å². The molecule has 0 amide bonds. The number of aromatic nitrogens is 3. The summed E-state index contributed by atoms with van der Waals surface area (Å²) in [6.45, 7) is 19.2. The van der Waals surface area contributed by atoms with Gasteiger partial charge in [-0.25, -0.2) is 5.84 Å². The molecule has 7 heteroatoms. The monoisotopic (exact) mass is 451 g/mol. The molecule has 3 N–H and O–H groups in total. The van der Waals surface area contributed by atoms with E-state index in [9.17, 15) is 5.11 Å². The van der Waals surface area contributed by atoms with E-state index in [1.165, 1.54) is 0 Å². The standard InChI is InChI=1S/C26H37N5O2/c1-8-19-14-21(18(5)28-22(19)11-10-16(3)32)24-29-25(33-30-24)17(4)20-12-13-26(6,7)15-23(20)31(27)9-2/h14,32H,3-4,8-13,15,27H2,1-2,5-7H3. The Balaban J connectivity index is 1.94. The average molecular weight is 452 g/mol. The molecule has 0 aliphatic heterocycles. The molecule has 2 aromatic heterocycles.